The molecular weight excluding hydrogens is 268 g/mol. The highest BCUT2D eigenvalue weighted by atomic mass is 16.3. The average Bonchev–Trinajstić information content (AvgIpc) is 2.50. The molecule has 2 aromatic carbocycles. The molecule has 0 heterocycles. The van der Waals surface area contributed by atoms with E-state index < -0.39 is 0 Å². The Morgan fingerprint density at radius 1 is 1.10 bits per heavy atom. The van der Waals surface area contributed by atoms with Crippen molar-refractivity contribution in [2.24, 2.45) is 0 Å². The fourth-order valence-electron chi connectivity index (χ4n) is 1.97. The zero-order chi connectivity index (χ0) is 15.1. The molecule has 5 heteroatoms. The lowest BCUT2D eigenvalue weighted by Gasteiger charge is -2.09. The van der Waals surface area contributed by atoms with E-state index in [0.717, 1.165) is 5.56 Å². The predicted octanol–water partition coefficient (Wildman–Crippen LogP) is 1.93. The van der Waals surface area contributed by atoms with Gasteiger partial charge in [-0.15, -0.1) is 0 Å². The maximum Gasteiger partial charge on any atom is 0.255 e. The number of aromatic hydroxyl groups is 1. The lowest BCUT2D eigenvalue weighted by molar-refractivity contribution is -0.105. The van der Waals surface area contributed by atoms with E-state index in [1.165, 1.54) is 12.1 Å². The van der Waals surface area contributed by atoms with Gasteiger partial charge in [0, 0.05) is 6.54 Å². The number of benzene rings is 2. The van der Waals surface area contributed by atoms with E-state index in [2.05, 4.69) is 10.6 Å². The van der Waals surface area contributed by atoms with Crippen LogP contribution in [0.4, 0.5) is 5.69 Å². The van der Waals surface area contributed by atoms with E-state index in [1.807, 2.05) is 30.3 Å². The van der Waals surface area contributed by atoms with Crippen LogP contribution in [-0.2, 0) is 11.2 Å². The highest BCUT2D eigenvalue weighted by Crippen LogP contribution is 2.26. The molecule has 0 unspecified atom stereocenters. The lowest BCUT2D eigenvalue weighted by atomic mass is 10.1. The Kier molecular flexibility index (Phi) is 4.93. The van der Waals surface area contributed by atoms with Crippen LogP contribution in [-0.4, -0.2) is 24.0 Å². The van der Waals surface area contributed by atoms with Crippen molar-refractivity contribution in [2.45, 2.75) is 6.42 Å². The number of amides is 2. The van der Waals surface area contributed by atoms with Gasteiger partial charge < -0.3 is 15.7 Å². The van der Waals surface area contributed by atoms with Crippen molar-refractivity contribution >= 4 is 18.0 Å². The number of phenols is 1. The van der Waals surface area contributed by atoms with Crippen molar-refractivity contribution in [3.05, 3.63) is 59.7 Å². The maximum absolute atomic E-state index is 12.0. The molecule has 0 fully saturated rings. The fourth-order valence-corrected chi connectivity index (χ4v) is 1.97. The molecule has 0 aromatic heterocycles. The summed E-state index contributed by atoms with van der Waals surface area (Å²) in [5.74, 6) is -0.611. The molecule has 0 radical (unpaired) electrons. The van der Waals surface area contributed by atoms with E-state index in [4.69, 9.17) is 0 Å². The van der Waals surface area contributed by atoms with Crippen LogP contribution in [0.3, 0.4) is 0 Å². The van der Waals surface area contributed by atoms with Crippen molar-refractivity contribution in [3.8, 4) is 5.75 Å². The molecule has 0 spiro atoms. The minimum absolute atomic E-state index is 0.134. The number of carbonyl (C=O) groups is 2. The van der Waals surface area contributed by atoms with Gasteiger partial charge in [-0.3, -0.25) is 9.59 Å². The van der Waals surface area contributed by atoms with E-state index in [1.54, 1.807) is 6.07 Å². The Balaban J connectivity index is 1.97. The zero-order valence-corrected chi connectivity index (χ0v) is 11.4. The molecule has 0 atom stereocenters. The molecule has 2 amide bonds. The molecule has 0 bridgehead atoms. The molecule has 108 valence electrons. The summed E-state index contributed by atoms with van der Waals surface area (Å²) in [6, 6.07) is 14.4. The molecule has 5 nitrogen and oxygen atoms in total. The second-order valence-electron chi connectivity index (χ2n) is 4.46. The Labute approximate surface area is 122 Å². The number of hydrogen-bond acceptors (Lipinski definition) is 3. The van der Waals surface area contributed by atoms with Gasteiger partial charge in [0.05, 0.1) is 11.3 Å². The van der Waals surface area contributed by atoms with Crippen molar-refractivity contribution in [1.29, 1.82) is 0 Å². The number of carbonyl (C=O) groups excluding carboxylic acids is 2. The molecule has 0 aliphatic carbocycles. The van der Waals surface area contributed by atoms with Crippen LogP contribution in [0.25, 0.3) is 0 Å². The van der Waals surface area contributed by atoms with Gasteiger partial charge in [0.2, 0.25) is 6.41 Å². The molecule has 0 saturated heterocycles. The second kappa shape index (κ2) is 7.09. The highest BCUT2D eigenvalue weighted by molar-refractivity contribution is 5.99. The quantitative estimate of drug-likeness (QED) is 0.560. The lowest BCUT2D eigenvalue weighted by Crippen LogP contribution is -2.25. The van der Waals surface area contributed by atoms with Gasteiger partial charge in [-0.2, -0.15) is 0 Å². The topological polar surface area (TPSA) is 78.4 Å². The summed E-state index contributed by atoms with van der Waals surface area (Å²) in [6.45, 7) is 0.466. The predicted molar refractivity (Wildman–Crippen MR) is 80.3 cm³/mol. The first kappa shape index (κ1) is 14.6. The van der Waals surface area contributed by atoms with Gasteiger partial charge in [0.15, 0.2) is 5.75 Å². The van der Waals surface area contributed by atoms with E-state index in [9.17, 15) is 14.7 Å². The fraction of sp³-hybridized carbons (Fsp3) is 0.125. The average molecular weight is 284 g/mol. The second-order valence-corrected chi connectivity index (χ2v) is 4.46. The first-order chi connectivity index (χ1) is 10.2. The van der Waals surface area contributed by atoms with Gasteiger partial charge in [0.25, 0.3) is 5.91 Å². The summed E-state index contributed by atoms with van der Waals surface area (Å²) in [5.41, 5.74) is 1.47. The summed E-state index contributed by atoms with van der Waals surface area (Å²) in [4.78, 5) is 22.4. The van der Waals surface area contributed by atoms with Crippen molar-refractivity contribution in [2.75, 3.05) is 11.9 Å². The molecule has 0 aliphatic rings. The van der Waals surface area contributed by atoms with Gasteiger partial charge in [0.1, 0.15) is 0 Å². The first-order valence-electron chi connectivity index (χ1n) is 6.56. The van der Waals surface area contributed by atoms with Crippen molar-refractivity contribution in [3.63, 3.8) is 0 Å². The number of para-hydroxylation sites is 1. The van der Waals surface area contributed by atoms with Gasteiger partial charge in [-0.05, 0) is 24.1 Å². The van der Waals surface area contributed by atoms with Crippen LogP contribution in [0.2, 0.25) is 0 Å². The number of hydrogen-bond donors (Lipinski definition) is 3. The van der Waals surface area contributed by atoms with Crippen LogP contribution in [0.15, 0.2) is 48.5 Å². The normalized spacial score (nSPS) is 9.90. The van der Waals surface area contributed by atoms with Crippen LogP contribution in [0.1, 0.15) is 15.9 Å². The molecule has 0 saturated carbocycles. The number of anilines is 1. The van der Waals surface area contributed by atoms with E-state index in [-0.39, 0.29) is 22.9 Å². The standard InChI is InChI=1S/C16H16N2O3/c19-11-18-14-8-4-7-13(15(14)20)16(21)17-10-9-12-5-2-1-3-6-12/h1-8,11,20H,9-10H2,(H,17,21)(H,18,19). The van der Waals surface area contributed by atoms with Crippen LogP contribution >= 0.6 is 0 Å². The summed E-state index contributed by atoms with van der Waals surface area (Å²) < 4.78 is 0. The summed E-state index contributed by atoms with van der Waals surface area (Å²) in [5, 5.41) is 15.0. The largest absolute Gasteiger partial charge is 0.505 e. The Morgan fingerprint density at radius 3 is 2.57 bits per heavy atom. The molecule has 2 aromatic rings. The van der Waals surface area contributed by atoms with Gasteiger partial charge in [-0.1, -0.05) is 36.4 Å². The zero-order valence-electron chi connectivity index (χ0n) is 11.4. The summed E-state index contributed by atoms with van der Waals surface area (Å²) in [7, 11) is 0. The van der Waals surface area contributed by atoms with Gasteiger partial charge >= 0.3 is 0 Å². The minimum Gasteiger partial charge on any atom is -0.505 e. The highest BCUT2D eigenvalue weighted by Gasteiger charge is 2.13. The summed E-state index contributed by atoms with van der Waals surface area (Å²) >= 11 is 0. The minimum atomic E-state index is -0.377. The third-order valence-electron chi connectivity index (χ3n) is 3.04. The molecule has 2 rings (SSSR count). The molecular formula is C16H16N2O3. The molecule has 21 heavy (non-hydrogen) atoms. The third kappa shape index (κ3) is 3.82. The van der Waals surface area contributed by atoms with Crippen LogP contribution in [0.5, 0.6) is 5.75 Å². The van der Waals surface area contributed by atoms with Crippen LogP contribution in [0, 0.1) is 0 Å². The van der Waals surface area contributed by atoms with Crippen LogP contribution < -0.4 is 10.6 Å². The Morgan fingerprint density at radius 2 is 1.86 bits per heavy atom. The smallest absolute Gasteiger partial charge is 0.255 e. The summed E-state index contributed by atoms with van der Waals surface area (Å²) in [6.07, 6.45) is 1.16. The first-order valence-corrected chi connectivity index (χ1v) is 6.56. The van der Waals surface area contributed by atoms with E-state index in [0.29, 0.717) is 19.4 Å². The Hall–Kier alpha value is -2.82. The molecule has 0 aliphatic heterocycles. The van der Waals surface area contributed by atoms with Crippen molar-refractivity contribution in [1.82, 2.24) is 5.32 Å². The number of nitrogens with one attached hydrogen (secondary N) is 2. The Bertz CT molecular complexity index is 627. The van der Waals surface area contributed by atoms with Gasteiger partial charge in [-0.25, -0.2) is 0 Å². The number of rotatable bonds is 6. The van der Waals surface area contributed by atoms with E-state index >= 15 is 0 Å². The molecule has 3 N–H and O–H groups in total. The monoisotopic (exact) mass is 284 g/mol. The number of phenolic OH excluding ortho intramolecular Hbond substituents is 1. The van der Waals surface area contributed by atoms with Crippen molar-refractivity contribution < 1.29 is 14.7 Å². The third-order valence-corrected chi connectivity index (χ3v) is 3.04. The maximum atomic E-state index is 12.0. The SMILES string of the molecule is O=CNc1cccc(C(=O)NCCc2ccccc2)c1O.